The van der Waals surface area contributed by atoms with Gasteiger partial charge in [0.05, 0.1) is 19.8 Å². The molecule has 8 heteroatoms. The molecule has 0 aliphatic carbocycles. The van der Waals surface area contributed by atoms with Crippen molar-refractivity contribution in [3.8, 4) is 0 Å². The number of benzene rings is 1. The van der Waals surface area contributed by atoms with Gasteiger partial charge in [0.1, 0.15) is 0 Å². The van der Waals surface area contributed by atoms with Gasteiger partial charge in [-0.3, -0.25) is 0 Å². The number of aromatic nitrogens is 3. The number of aryl methyl sites for hydroxylation is 2. The summed E-state index contributed by atoms with van der Waals surface area (Å²) in [4.78, 5) is 2.29. The summed E-state index contributed by atoms with van der Waals surface area (Å²) in [6.45, 7) is 6.31. The fourth-order valence-corrected chi connectivity index (χ4v) is 2.04. The van der Waals surface area contributed by atoms with Crippen molar-refractivity contribution in [2.24, 2.45) is 24.3 Å². The average Bonchev–Trinajstić information content (AvgIpc) is 2.78. The topological polar surface area (TPSA) is 49.7 Å². The van der Waals surface area contributed by atoms with Crippen LogP contribution >= 0.6 is 0 Å². The summed E-state index contributed by atoms with van der Waals surface area (Å²) in [6.07, 6.45) is 1.71. The maximum absolute atomic E-state index is 4.25. The second-order valence-corrected chi connectivity index (χ2v) is 4.55. The number of rotatable bonds is 5. The van der Waals surface area contributed by atoms with E-state index in [1.54, 1.807) is 11.0 Å². The minimum absolute atomic E-state index is 0. The van der Waals surface area contributed by atoms with E-state index in [-0.39, 0.29) is 31.9 Å². The summed E-state index contributed by atoms with van der Waals surface area (Å²) in [6, 6.07) is 8.11. The summed E-state index contributed by atoms with van der Waals surface area (Å²) in [7, 11) is 3.74. The first-order valence-corrected chi connectivity index (χ1v) is 6.80. The third kappa shape index (κ3) is 4.85. The summed E-state index contributed by atoms with van der Waals surface area (Å²) < 4.78 is 3.52. The Morgan fingerprint density at radius 3 is 2.18 bits per heavy atom. The average molecular weight is 374 g/mol. The number of hydrogen-bond acceptors (Lipinski definition) is 4. The van der Waals surface area contributed by atoms with E-state index in [2.05, 4.69) is 46.2 Å². The van der Waals surface area contributed by atoms with E-state index in [1.807, 2.05) is 30.8 Å². The van der Waals surface area contributed by atoms with E-state index in [1.165, 1.54) is 5.69 Å². The Balaban J connectivity index is 0.00000220. The Bertz CT molecular complexity index is 572. The van der Waals surface area contributed by atoms with Crippen molar-refractivity contribution in [1.82, 2.24) is 9.78 Å². The van der Waals surface area contributed by atoms with Gasteiger partial charge >= 0.3 is 25.4 Å². The van der Waals surface area contributed by atoms with Crippen molar-refractivity contribution in [2.75, 3.05) is 18.0 Å². The maximum Gasteiger partial charge on any atom is 2.00 e. The molecule has 0 unspecified atom stereocenters. The summed E-state index contributed by atoms with van der Waals surface area (Å²) in [5.74, 6) is 0.706. The SMILES string of the molecule is CCN(CC)c1ccc(N=Nc2n(C)nc[n+]2C)cc1.[Cl-].[Zn+2]. The van der Waals surface area contributed by atoms with Crippen LogP contribution in [-0.4, -0.2) is 22.9 Å². The molecule has 0 bridgehead atoms. The van der Waals surface area contributed by atoms with Crippen molar-refractivity contribution >= 4 is 17.3 Å². The standard InChI is InChI=1S/C14H21N6.ClH.Zn/c1-5-20(6-2)13-9-7-12(8-10-13)16-17-14-18(3)11-15-19(14)4;;/h7-11H,5-6H2,1-4H3;1H;/q+1;;+2/p-1. The van der Waals surface area contributed by atoms with E-state index in [0.717, 1.165) is 18.8 Å². The molecule has 6 nitrogen and oxygen atoms in total. The normalized spacial score (nSPS) is 10.2. The zero-order valence-electron chi connectivity index (χ0n) is 13.6. The van der Waals surface area contributed by atoms with Crippen molar-refractivity contribution in [1.29, 1.82) is 0 Å². The van der Waals surface area contributed by atoms with Crippen LogP contribution < -0.4 is 21.9 Å². The van der Waals surface area contributed by atoms with Crippen LogP contribution in [0.3, 0.4) is 0 Å². The molecule has 1 heterocycles. The van der Waals surface area contributed by atoms with Crippen molar-refractivity contribution in [3.05, 3.63) is 30.6 Å². The van der Waals surface area contributed by atoms with Crippen LogP contribution in [0.2, 0.25) is 0 Å². The minimum Gasteiger partial charge on any atom is -1.00 e. The first kappa shape index (κ1) is 20.7. The molecule has 22 heavy (non-hydrogen) atoms. The molecule has 0 amide bonds. The zero-order valence-corrected chi connectivity index (χ0v) is 17.3. The smallest absolute Gasteiger partial charge is 1.00 e. The molecule has 2 aromatic rings. The van der Waals surface area contributed by atoms with Crippen LogP contribution in [0.5, 0.6) is 0 Å². The molecular formula is C14H21ClN6Zn+2. The number of hydrogen-bond donors (Lipinski definition) is 0. The second-order valence-electron chi connectivity index (χ2n) is 4.55. The predicted octanol–water partition coefficient (Wildman–Crippen LogP) is -0.492. The van der Waals surface area contributed by atoms with E-state index in [4.69, 9.17) is 0 Å². The van der Waals surface area contributed by atoms with E-state index in [9.17, 15) is 0 Å². The molecule has 2 rings (SSSR count). The van der Waals surface area contributed by atoms with Gasteiger partial charge in [0, 0.05) is 23.9 Å². The number of nitrogens with zero attached hydrogens (tertiary/aromatic N) is 6. The Morgan fingerprint density at radius 1 is 1.14 bits per heavy atom. The van der Waals surface area contributed by atoms with Gasteiger partial charge in [0.2, 0.25) is 6.33 Å². The second kappa shape index (κ2) is 9.64. The molecule has 0 saturated heterocycles. The third-order valence-electron chi connectivity index (χ3n) is 3.24. The summed E-state index contributed by atoms with van der Waals surface area (Å²) >= 11 is 0. The zero-order chi connectivity index (χ0) is 14.5. The molecule has 1 aromatic heterocycles. The molecular weight excluding hydrogens is 353 g/mol. The van der Waals surface area contributed by atoms with Crippen molar-refractivity contribution in [3.63, 3.8) is 0 Å². The molecule has 0 N–H and O–H groups in total. The molecule has 0 aliphatic heterocycles. The first-order valence-electron chi connectivity index (χ1n) is 6.80. The first-order chi connectivity index (χ1) is 9.65. The van der Waals surface area contributed by atoms with Crippen LogP contribution in [0.25, 0.3) is 0 Å². The minimum atomic E-state index is 0. The van der Waals surface area contributed by atoms with Gasteiger partial charge in [-0.15, -0.1) is 4.68 Å². The quantitative estimate of drug-likeness (QED) is 0.403. The molecule has 114 valence electrons. The van der Waals surface area contributed by atoms with E-state index in [0.29, 0.717) is 5.95 Å². The largest absolute Gasteiger partial charge is 2.00 e. The molecule has 0 saturated carbocycles. The monoisotopic (exact) mass is 372 g/mol. The number of azo groups is 1. The molecule has 0 aliphatic rings. The Hall–Kier alpha value is -1.33. The van der Waals surface area contributed by atoms with Gasteiger partial charge in [-0.1, -0.05) is 5.11 Å². The fourth-order valence-electron chi connectivity index (χ4n) is 2.04. The Kier molecular flexibility index (Phi) is 9.06. The molecule has 0 radical (unpaired) electrons. The van der Waals surface area contributed by atoms with Crippen LogP contribution in [-0.2, 0) is 33.6 Å². The third-order valence-corrected chi connectivity index (χ3v) is 3.24. The van der Waals surface area contributed by atoms with Gasteiger partial charge < -0.3 is 17.3 Å². The van der Waals surface area contributed by atoms with Crippen LogP contribution in [0.4, 0.5) is 17.3 Å². The van der Waals surface area contributed by atoms with Crippen LogP contribution in [0.1, 0.15) is 13.8 Å². The van der Waals surface area contributed by atoms with Gasteiger partial charge in [-0.25, -0.2) is 4.57 Å². The van der Waals surface area contributed by atoms with Crippen molar-refractivity contribution < 1.29 is 36.5 Å². The molecule has 0 spiro atoms. The Labute approximate surface area is 150 Å². The molecule has 0 fully saturated rings. The predicted molar refractivity (Wildman–Crippen MR) is 78.6 cm³/mol. The number of anilines is 1. The maximum atomic E-state index is 4.25. The fraction of sp³-hybridized carbons (Fsp3) is 0.429. The summed E-state index contributed by atoms with van der Waals surface area (Å²) in [5.41, 5.74) is 2.04. The van der Waals surface area contributed by atoms with Crippen LogP contribution in [0, 0.1) is 0 Å². The Morgan fingerprint density at radius 2 is 1.73 bits per heavy atom. The number of halogens is 1. The van der Waals surface area contributed by atoms with Gasteiger partial charge in [-0.2, -0.15) is 0 Å². The summed E-state index contributed by atoms with van der Waals surface area (Å²) in [5, 5.41) is 12.6. The van der Waals surface area contributed by atoms with Crippen molar-refractivity contribution in [2.45, 2.75) is 13.8 Å². The van der Waals surface area contributed by atoms with Gasteiger partial charge in [-0.05, 0) is 43.2 Å². The van der Waals surface area contributed by atoms with E-state index >= 15 is 0 Å². The van der Waals surface area contributed by atoms with E-state index < -0.39 is 0 Å². The van der Waals surface area contributed by atoms with Gasteiger partial charge in [0.15, 0.2) is 0 Å². The molecule has 0 atom stereocenters. The van der Waals surface area contributed by atoms with Gasteiger partial charge in [0.25, 0.3) is 0 Å². The van der Waals surface area contributed by atoms with Crippen LogP contribution in [0.15, 0.2) is 40.8 Å². The molecule has 1 aromatic carbocycles.